The summed E-state index contributed by atoms with van der Waals surface area (Å²) in [4.78, 5) is 20.4. The molecular formula is C22H31N3OS. The topological polar surface area (TPSA) is 45.2 Å². The van der Waals surface area contributed by atoms with Crippen molar-refractivity contribution in [2.24, 2.45) is 5.92 Å². The van der Waals surface area contributed by atoms with Crippen LogP contribution in [0, 0.1) is 12.8 Å². The molecule has 1 amide bonds. The highest BCUT2D eigenvalue weighted by Gasteiger charge is 2.16. The fourth-order valence-corrected chi connectivity index (χ4v) is 4.55. The van der Waals surface area contributed by atoms with Crippen LogP contribution in [0.3, 0.4) is 0 Å². The number of thiazole rings is 1. The minimum absolute atomic E-state index is 0.0242. The number of benzene rings is 1. The number of hydrogen-bond donors (Lipinski definition) is 1. The summed E-state index contributed by atoms with van der Waals surface area (Å²) in [5.41, 5.74) is 2.07. The minimum Gasteiger partial charge on any atom is -0.351 e. The van der Waals surface area contributed by atoms with Crippen LogP contribution < -0.4 is 5.32 Å². The van der Waals surface area contributed by atoms with Crippen LogP contribution >= 0.6 is 11.3 Å². The van der Waals surface area contributed by atoms with Crippen LogP contribution in [0.25, 0.3) is 0 Å². The molecule has 0 unspecified atom stereocenters. The van der Waals surface area contributed by atoms with Gasteiger partial charge in [-0.15, -0.1) is 11.3 Å². The second kappa shape index (κ2) is 10.00. The zero-order valence-electron chi connectivity index (χ0n) is 16.5. The second-order valence-electron chi connectivity index (χ2n) is 7.67. The van der Waals surface area contributed by atoms with Gasteiger partial charge in [-0.2, -0.15) is 0 Å². The first-order chi connectivity index (χ1) is 13.1. The Kier molecular flexibility index (Phi) is 7.41. The average molecular weight is 386 g/mol. The van der Waals surface area contributed by atoms with Crippen molar-refractivity contribution in [1.82, 2.24) is 15.2 Å². The third-order valence-corrected chi connectivity index (χ3v) is 6.46. The summed E-state index contributed by atoms with van der Waals surface area (Å²) in [6.07, 6.45) is 5.62. The first-order valence-electron chi connectivity index (χ1n) is 10.1. The van der Waals surface area contributed by atoms with E-state index in [1.807, 2.05) is 25.1 Å². The lowest BCUT2D eigenvalue weighted by Crippen LogP contribution is -2.34. The Labute approximate surface area is 167 Å². The van der Waals surface area contributed by atoms with E-state index in [1.54, 1.807) is 0 Å². The minimum atomic E-state index is 0.0242. The summed E-state index contributed by atoms with van der Waals surface area (Å²) in [5.74, 6) is 0.908. The van der Waals surface area contributed by atoms with E-state index in [9.17, 15) is 4.79 Å². The Hall–Kier alpha value is -1.72. The summed E-state index contributed by atoms with van der Waals surface area (Å²) in [6, 6.07) is 10.3. The number of amides is 1. The van der Waals surface area contributed by atoms with Crippen molar-refractivity contribution in [3.05, 3.63) is 51.5 Å². The second-order valence-corrected chi connectivity index (χ2v) is 8.76. The van der Waals surface area contributed by atoms with E-state index in [4.69, 9.17) is 0 Å². The molecule has 0 saturated carbocycles. The lowest BCUT2D eigenvalue weighted by Gasteiger charge is -2.30. The number of likely N-dealkylation sites (tertiary alicyclic amines) is 1. The predicted octanol–water partition coefficient (Wildman–Crippen LogP) is 4.28. The van der Waals surface area contributed by atoms with E-state index in [-0.39, 0.29) is 5.91 Å². The van der Waals surface area contributed by atoms with E-state index in [0.29, 0.717) is 0 Å². The third kappa shape index (κ3) is 6.15. The van der Waals surface area contributed by atoms with Gasteiger partial charge in [-0.25, -0.2) is 4.98 Å². The Balaban J connectivity index is 1.39. The molecule has 0 spiro atoms. The lowest BCUT2D eigenvalue weighted by molar-refractivity contribution is 0.0955. The molecule has 1 aliphatic rings. The molecule has 0 radical (unpaired) electrons. The molecular weight excluding hydrogens is 354 g/mol. The summed E-state index contributed by atoms with van der Waals surface area (Å²) in [6.45, 7) is 8.64. The van der Waals surface area contributed by atoms with Crippen molar-refractivity contribution in [2.75, 3.05) is 26.2 Å². The Morgan fingerprint density at radius 1 is 1.22 bits per heavy atom. The summed E-state index contributed by atoms with van der Waals surface area (Å²) < 4.78 is 0. The molecule has 0 aliphatic carbocycles. The maximum atomic E-state index is 12.5. The van der Waals surface area contributed by atoms with Gasteiger partial charge in [0, 0.05) is 13.0 Å². The number of aromatic nitrogens is 1. The molecule has 1 aromatic carbocycles. The van der Waals surface area contributed by atoms with Crippen molar-refractivity contribution in [3.8, 4) is 0 Å². The average Bonchev–Trinajstić information content (AvgIpc) is 3.04. The molecule has 3 rings (SSSR count). The lowest BCUT2D eigenvalue weighted by atomic mass is 9.99. The number of aryl methyl sites for hydroxylation is 1. The molecule has 5 heteroatoms. The Morgan fingerprint density at radius 2 is 1.96 bits per heavy atom. The van der Waals surface area contributed by atoms with Gasteiger partial charge in [0.1, 0.15) is 4.88 Å². The first kappa shape index (κ1) is 20.0. The predicted molar refractivity (Wildman–Crippen MR) is 113 cm³/mol. The van der Waals surface area contributed by atoms with E-state index < -0.39 is 0 Å². The molecule has 146 valence electrons. The van der Waals surface area contributed by atoms with E-state index in [1.165, 1.54) is 42.8 Å². The van der Waals surface area contributed by atoms with Gasteiger partial charge in [-0.05, 0) is 63.7 Å². The van der Waals surface area contributed by atoms with Crippen LogP contribution in [0.5, 0.6) is 0 Å². The van der Waals surface area contributed by atoms with Crippen molar-refractivity contribution in [3.63, 3.8) is 0 Å². The van der Waals surface area contributed by atoms with Gasteiger partial charge in [0.25, 0.3) is 5.91 Å². The zero-order valence-corrected chi connectivity index (χ0v) is 17.4. The van der Waals surface area contributed by atoms with Crippen LogP contribution in [0.15, 0.2) is 30.3 Å². The molecule has 1 N–H and O–H groups in total. The molecule has 1 fully saturated rings. The maximum absolute atomic E-state index is 12.5. The number of rotatable bonds is 8. The van der Waals surface area contributed by atoms with Crippen LogP contribution in [-0.4, -0.2) is 42.0 Å². The van der Waals surface area contributed by atoms with Crippen molar-refractivity contribution < 1.29 is 4.79 Å². The molecule has 0 atom stereocenters. The van der Waals surface area contributed by atoms with E-state index in [2.05, 4.69) is 34.3 Å². The summed E-state index contributed by atoms with van der Waals surface area (Å²) in [7, 11) is 0. The molecule has 0 bridgehead atoms. The molecule has 1 saturated heterocycles. The van der Waals surface area contributed by atoms with Gasteiger partial charge in [0.2, 0.25) is 0 Å². The molecule has 1 aliphatic heterocycles. The van der Waals surface area contributed by atoms with E-state index in [0.717, 1.165) is 53.8 Å². The molecule has 2 heterocycles. The van der Waals surface area contributed by atoms with Gasteiger partial charge in [0.15, 0.2) is 0 Å². The van der Waals surface area contributed by atoms with Gasteiger partial charge in [-0.1, -0.05) is 37.3 Å². The van der Waals surface area contributed by atoms with Crippen molar-refractivity contribution >= 4 is 17.2 Å². The highest BCUT2D eigenvalue weighted by Crippen LogP contribution is 2.21. The third-order valence-electron chi connectivity index (χ3n) is 5.31. The fourth-order valence-electron chi connectivity index (χ4n) is 3.54. The van der Waals surface area contributed by atoms with Crippen LogP contribution in [-0.2, 0) is 6.42 Å². The molecule has 4 nitrogen and oxygen atoms in total. The zero-order chi connectivity index (χ0) is 19.1. The number of nitrogens with zero attached hydrogens (tertiary/aromatic N) is 2. The summed E-state index contributed by atoms with van der Waals surface area (Å²) >= 11 is 1.52. The van der Waals surface area contributed by atoms with E-state index >= 15 is 0 Å². The fraction of sp³-hybridized carbons (Fsp3) is 0.545. The molecule has 27 heavy (non-hydrogen) atoms. The first-order valence-corrected chi connectivity index (χ1v) is 10.9. The molecule has 1 aromatic heterocycles. The Bertz CT molecular complexity index is 720. The monoisotopic (exact) mass is 385 g/mol. The van der Waals surface area contributed by atoms with Gasteiger partial charge >= 0.3 is 0 Å². The largest absolute Gasteiger partial charge is 0.351 e. The van der Waals surface area contributed by atoms with Crippen LogP contribution in [0.1, 0.15) is 58.5 Å². The maximum Gasteiger partial charge on any atom is 0.263 e. The van der Waals surface area contributed by atoms with Crippen LogP contribution in [0.2, 0.25) is 0 Å². The molecule has 2 aromatic rings. The smallest absolute Gasteiger partial charge is 0.263 e. The number of hydrogen-bond acceptors (Lipinski definition) is 4. The van der Waals surface area contributed by atoms with Gasteiger partial charge in [0.05, 0.1) is 10.7 Å². The number of nitrogens with one attached hydrogen (secondary N) is 1. The van der Waals surface area contributed by atoms with Gasteiger partial charge in [-0.3, -0.25) is 4.79 Å². The van der Waals surface area contributed by atoms with Gasteiger partial charge < -0.3 is 10.2 Å². The SMILES string of the molecule is Cc1nc(Cc2ccccc2)sc1C(=O)NCCCCN1CCC(C)CC1. The normalized spacial score (nSPS) is 15.8. The number of piperidine rings is 1. The number of carbonyl (C=O) groups excluding carboxylic acids is 1. The van der Waals surface area contributed by atoms with Crippen LogP contribution in [0.4, 0.5) is 0 Å². The van der Waals surface area contributed by atoms with Crippen molar-refractivity contribution in [1.29, 1.82) is 0 Å². The standard InChI is InChI=1S/C22H31N3OS/c1-17-10-14-25(15-11-17)13-7-6-12-23-22(26)21-18(2)24-20(27-21)16-19-8-4-3-5-9-19/h3-5,8-9,17H,6-7,10-16H2,1-2H3,(H,23,26). The quantitative estimate of drug-likeness (QED) is 0.690. The summed E-state index contributed by atoms with van der Waals surface area (Å²) in [5, 5.41) is 4.08. The highest BCUT2D eigenvalue weighted by molar-refractivity contribution is 7.13. The van der Waals surface area contributed by atoms with Crippen molar-refractivity contribution in [2.45, 2.75) is 46.0 Å². The highest BCUT2D eigenvalue weighted by atomic mass is 32.1. The Morgan fingerprint density at radius 3 is 2.70 bits per heavy atom. The number of carbonyl (C=O) groups is 1. The number of unbranched alkanes of at least 4 members (excludes halogenated alkanes) is 1.